The van der Waals surface area contributed by atoms with Gasteiger partial charge in [0.1, 0.15) is 5.76 Å². The van der Waals surface area contributed by atoms with Gasteiger partial charge in [0.25, 0.3) is 5.91 Å². The van der Waals surface area contributed by atoms with Crippen molar-refractivity contribution in [3.63, 3.8) is 0 Å². The van der Waals surface area contributed by atoms with Gasteiger partial charge < -0.3 is 10.2 Å². The van der Waals surface area contributed by atoms with Crippen molar-refractivity contribution in [2.24, 2.45) is 11.6 Å². The highest BCUT2D eigenvalue weighted by molar-refractivity contribution is 5.94. The van der Waals surface area contributed by atoms with Crippen molar-refractivity contribution in [1.29, 1.82) is 0 Å². The van der Waals surface area contributed by atoms with Crippen LogP contribution in [0.4, 0.5) is 0 Å². The highest BCUT2D eigenvalue weighted by atomic mass is 16.3. The van der Waals surface area contributed by atoms with Crippen molar-refractivity contribution in [2.45, 2.75) is 26.3 Å². The van der Waals surface area contributed by atoms with Crippen LogP contribution in [0.2, 0.25) is 0 Å². The van der Waals surface area contributed by atoms with Crippen LogP contribution in [-0.4, -0.2) is 29.8 Å². The monoisotopic (exact) mass is 268 g/mol. The summed E-state index contributed by atoms with van der Waals surface area (Å²) in [7, 11) is 0. The van der Waals surface area contributed by atoms with Gasteiger partial charge in [0, 0.05) is 0 Å². The van der Waals surface area contributed by atoms with E-state index in [0.29, 0.717) is 24.4 Å². The van der Waals surface area contributed by atoms with Gasteiger partial charge in [-0.3, -0.25) is 19.9 Å². The summed E-state index contributed by atoms with van der Waals surface area (Å²) in [6.07, 6.45) is 3.36. The molecule has 106 valence electrons. The number of furan rings is 1. The molecule has 1 rings (SSSR count). The van der Waals surface area contributed by atoms with E-state index in [0.717, 1.165) is 12.8 Å². The van der Waals surface area contributed by atoms with Gasteiger partial charge in [0.05, 0.1) is 24.9 Å². The Kier molecular flexibility index (Phi) is 6.04. The molecule has 0 saturated heterocycles. The maximum atomic E-state index is 11.5. The second-order valence-corrected chi connectivity index (χ2v) is 4.26. The number of nitrogens with two attached hydrogens (primary N) is 2. The molecule has 0 aliphatic heterocycles. The molecule has 0 fully saturated rings. The summed E-state index contributed by atoms with van der Waals surface area (Å²) in [4.78, 5) is 24.4. The average molecular weight is 268 g/mol. The van der Waals surface area contributed by atoms with Crippen molar-refractivity contribution in [3.05, 3.63) is 23.7 Å². The third kappa shape index (κ3) is 4.72. The van der Waals surface area contributed by atoms with Crippen LogP contribution in [-0.2, 0) is 11.3 Å². The molecule has 7 nitrogen and oxygen atoms in total. The van der Waals surface area contributed by atoms with Crippen LogP contribution in [0.1, 0.15) is 35.9 Å². The summed E-state index contributed by atoms with van der Waals surface area (Å²) in [6, 6.07) is 1.54. The highest BCUT2D eigenvalue weighted by Gasteiger charge is 2.17. The number of carbonyl (C=O) groups excluding carboxylic acids is 2. The summed E-state index contributed by atoms with van der Waals surface area (Å²) >= 11 is 0. The van der Waals surface area contributed by atoms with Crippen LogP contribution in [0.15, 0.2) is 16.7 Å². The lowest BCUT2D eigenvalue weighted by molar-refractivity contribution is -0.119. The topological polar surface area (TPSA) is 115 Å². The molecule has 1 aromatic heterocycles. The summed E-state index contributed by atoms with van der Waals surface area (Å²) < 4.78 is 5.27. The largest absolute Gasteiger partial charge is 0.467 e. The first-order chi connectivity index (χ1) is 9.08. The number of hydrazine groups is 1. The maximum absolute atomic E-state index is 11.5. The van der Waals surface area contributed by atoms with E-state index >= 15 is 0 Å². The Morgan fingerprint density at radius 1 is 1.47 bits per heavy atom. The Bertz CT molecular complexity index is 430. The standard InChI is InChI=1S/C12H20N4O3/c1-2-3-5-16(8-11(13)17)7-10-9(4-6-19-10)12(18)15-14/h4,6H,2-3,5,7-8,14H2,1H3,(H2,13,17)(H,15,18). The number of nitrogen functional groups attached to an aromatic ring is 1. The highest BCUT2D eigenvalue weighted by Crippen LogP contribution is 2.13. The molecule has 19 heavy (non-hydrogen) atoms. The molecule has 0 aliphatic rings. The van der Waals surface area contributed by atoms with Gasteiger partial charge in [-0.1, -0.05) is 13.3 Å². The van der Waals surface area contributed by atoms with E-state index in [4.69, 9.17) is 16.0 Å². The molecular formula is C12H20N4O3. The zero-order chi connectivity index (χ0) is 14.3. The Morgan fingerprint density at radius 2 is 2.21 bits per heavy atom. The second-order valence-electron chi connectivity index (χ2n) is 4.26. The first-order valence-corrected chi connectivity index (χ1v) is 6.16. The molecule has 0 atom stereocenters. The van der Waals surface area contributed by atoms with Crippen molar-refractivity contribution in [1.82, 2.24) is 10.3 Å². The van der Waals surface area contributed by atoms with Gasteiger partial charge in [-0.25, -0.2) is 5.84 Å². The molecule has 0 bridgehead atoms. The number of primary amides is 1. The van der Waals surface area contributed by atoms with E-state index in [1.807, 2.05) is 4.90 Å². The van der Waals surface area contributed by atoms with E-state index in [1.165, 1.54) is 6.26 Å². The second kappa shape index (κ2) is 7.55. The maximum Gasteiger partial charge on any atom is 0.268 e. The third-order valence-electron chi connectivity index (χ3n) is 2.70. The molecule has 0 aliphatic carbocycles. The predicted octanol–water partition coefficient (Wildman–Crippen LogP) is -0.0295. The fraction of sp³-hybridized carbons (Fsp3) is 0.500. The zero-order valence-electron chi connectivity index (χ0n) is 11.0. The van der Waals surface area contributed by atoms with E-state index < -0.39 is 11.8 Å². The first-order valence-electron chi connectivity index (χ1n) is 6.16. The van der Waals surface area contributed by atoms with Gasteiger partial charge in [0.2, 0.25) is 5.91 Å². The Labute approximate surface area is 111 Å². The summed E-state index contributed by atoms with van der Waals surface area (Å²) in [5.74, 6) is 4.74. The fourth-order valence-electron chi connectivity index (χ4n) is 1.76. The van der Waals surface area contributed by atoms with Crippen LogP contribution < -0.4 is 17.0 Å². The zero-order valence-corrected chi connectivity index (χ0v) is 11.0. The van der Waals surface area contributed by atoms with E-state index in [9.17, 15) is 9.59 Å². The number of unbranched alkanes of at least 4 members (excludes halogenated alkanes) is 1. The normalized spacial score (nSPS) is 10.7. The SMILES string of the molecule is CCCCN(CC(N)=O)Cc1occc1C(=O)NN. The minimum Gasteiger partial charge on any atom is -0.467 e. The number of hydrogen-bond acceptors (Lipinski definition) is 5. The number of carbonyl (C=O) groups is 2. The van der Waals surface area contributed by atoms with Crippen molar-refractivity contribution in [3.8, 4) is 0 Å². The molecule has 0 aromatic carbocycles. The molecule has 5 N–H and O–H groups in total. The predicted molar refractivity (Wildman–Crippen MR) is 69.7 cm³/mol. The number of nitrogens with zero attached hydrogens (tertiary/aromatic N) is 1. The van der Waals surface area contributed by atoms with E-state index in [-0.39, 0.29) is 6.54 Å². The molecule has 7 heteroatoms. The van der Waals surface area contributed by atoms with Gasteiger partial charge in [-0.2, -0.15) is 0 Å². The van der Waals surface area contributed by atoms with E-state index in [1.54, 1.807) is 6.07 Å². The number of nitrogens with one attached hydrogen (secondary N) is 1. The summed E-state index contributed by atoms with van der Waals surface area (Å²) in [5.41, 5.74) is 7.63. The number of hydrogen-bond donors (Lipinski definition) is 3. The molecule has 0 saturated carbocycles. The lowest BCUT2D eigenvalue weighted by Gasteiger charge is -2.19. The molecular weight excluding hydrogens is 248 g/mol. The molecule has 2 amide bonds. The van der Waals surface area contributed by atoms with Gasteiger partial charge in [-0.15, -0.1) is 0 Å². The molecule has 0 radical (unpaired) electrons. The van der Waals surface area contributed by atoms with Crippen LogP contribution in [0.25, 0.3) is 0 Å². The third-order valence-corrected chi connectivity index (χ3v) is 2.70. The van der Waals surface area contributed by atoms with Crippen LogP contribution >= 0.6 is 0 Å². The van der Waals surface area contributed by atoms with E-state index in [2.05, 4.69) is 12.3 Å². The smallest absolute Gasteiger partial charge is 0.268 e. The minimum absolute atomic E-state index is 0.129. The molecule has 1 heterocycles. The Hall–Kier alpha value is -1.86. The average Bonchev–Trinajstić information content (AvgIpc) is 2.82. The summed E-state index contributed by atoms with van der Waals surface area (Å²) in [6.45, 7) is 3.25. The Balaban J connectivity index is 2.74. The van der Waals surface area contributed by atoms with Crippen LogP contribution in [0.5, 0.6) is 0 Å². The quantitative estimate of drug-likeness (QED) is 0.348. The van der Waals surface area contributed by atoms with Gasteiger partial charge >= 0.3 is 0 Å². The van der Waals surface area contributed by atoms with Gasteiger partial charge in [0.15, 0.2) is 0 Å². The van der Waals surface area contributed by atoms with Crippen LogP contribution in [0.3, 0.4) is 0 Å². The first kappa shape index (κ1) is 15.2. The fourth-order valence-corrected chi connectivity index (χ4v) is 1.76. The molecule has 1 aromatic rings. The minimum atomic E-state index is -0.418. The number of amides is 2. The lowest BCUT2D eigenvalue weighted by atomic mass is 10.2. The van der Waals surface area contributed by atoms with Crippen molar-refractivity contribution < 1.29 is 14.0 Å². The van der Waals surface area contributed by atoms with Crippen LogP contribution in [0, 0.1) is 0 Å². The molecule has 0 spiro atoms. The van der Waals surface area contributed by atoms with Gasteiger partial charge in [-0.05, 0) is 19.0 Å². The summed E-state index contributed by atoms with van der Waals surface area (Å²) in [5, 5.41) is 0. The Morgan fingerprint density at radius 3 is 2.79 bits per heavy atom. The lowest BCUT2D eigenvalue weighted by Crippen LogP contribution is -2.35. The van der Waals surface area contributed by atoms with Crippen molar-refractivity contribution >= 4 is 11.8 Å². The molecule has 0 unspecified atom stereocenters. The number of rotatable bonds is 8. The van der Waals surface area contributed by atoms with Crippen molar-refractivity contribution in [2.75, 3.05) is 13.1 Å².